The van der Waals surface area contributed by atoms with Crippen LogP contribution in [0.3, 0.4) is 0 Å². The van der Waals surface area contributed by atoms with Gasteiger partial charge in [0.2, 0.25) is 0 Å². The first-order valence-electron chi connectivity index (χ1n) is 10.4. The van der Waals surface area contributed by atoms with E-state index in [9.17, 15) is 18.0 Å². The molecule has 0 radical (unpaired) electrons. The quantitative estimate of drug-likeness (QED) is 0.691. The van der Waals surface area contributed by atoms with E-state index in [1.54, 1.807) is 18.0 Å². The van der Waals surface area contributed by atoms with Crippen molar-refractivity contribution in [3.63, 3.8) is 0 Å². The van der Waals surface area contributed by atoms with Gasteiger partial charge in [0.05, 0.1) is 17.9 Å². The summed E-state index contributed by atoms with van der Waals surface area (Å²) in [6.45, 7) is 3.70. The first-order valence-corrected chi connectivity index (χ1v) is 10.4. The molecule has 29 heavy (non-hydrogen) atoms. The van der Waals surface area contributed by atoms with Crippen LogP contribution >= 0.6 is 0 Å². The van der Waals surface area contributed by atoms with Crippen LogP contribution in [-0.4, -0.2) is 41.9 Å². The van der Waals surface area contributed by atoms with Gasteiger partial charge in [-0.2, -0.15) is 18.3 Å². The Bertz CT molecular complexity index is 805. The third-order valence-electron chi connectivity index (χ3n) is 6.31. The Morgan fingerprint density at radius 3 is 2.69 bits per heavy atom. The van der Waals surface area contributed by atoms with Gasteiger partial charge >= 0.3 is 12.1 Å². The van der Waals surface area contributed by atoms with Crippen LogP contribution in [0.5, 0.6) is 0 Å². The molecule has 1 saturated carbocycles. The molecule has 1 aromatic carbocycles. The third kappa shape index (κ3) is 3.41. The van der Waals surface area contributed by atoms with E-state index in [0.29, 0.717) is 11.4 Å². The summed E-state index contributed by atoms with van der Waals surface area (Å²) in [7, 11) is 0. The zero-order valence-corrected chi connectivity index (χ0v) is 16.5. The molecular weight excluding hydrogens is 383 g/mol. The molecule has 0 N–H and O–H groups in total. The van der Waals surface area contributed by atoms with Crippen molar-refractivity contribution in [2.75, 3.05) is 24.7 Å². The SMILES string of the molecule is CCOC(=O)C1=NN(c2cccc(C(F)(F)F)c2)C2(N3CCCC3)CCCCC12. The minimum Gasteiger partial charge on any atom is -0.461 e. The number of carbonyl (C=O) groups is 1. The molecule has 1 aliphatic carbocycles. The molecule has 0 bridgehead atoms. The highest BCUT2D eigenvalue weighted by Gasteiger charge is 2.58. The van der Waals surface area contributed by atoms with Gasteiger partial charge in [-0.1, -0.05) is 12.5 Å². The van der Waals surface area contributed by atoms with Crippen LogP contribution in [0.15, 0.2) is 29.4 Å². The predicted octanol–water partition coefficient (Wildman–Crippen LogP) is 4.43. The maximum absolute atomic E-state index is 13.4. The largest absolute Gasteiger partial charge is 0.461 e. The monoisotopic (exact) mass is 409 g/mol. The molecule has 8 heteroatoms. The molecule has 1 saturated heterocycles. The number of alkyl halides is 3. The van der Waals surface area contributed by atoms with Gasteiger partial charge in [0, 0.05) is 19.0 Å². The average Bonchev–Trinajstić information content (AvgIpc) is 3.34. The van der Waals surface area contributed by atoms with E-state index >= 15 is 0 Å². The summed E-state index contributed by atoms with van der Waals surface area (Å²) >= 11 is 0. The zero-order chi connectivity index (χ0) is 20.6. The summed E-state index contributed by atoms with van der Waals surface area (Å²) in [5.41, 5.74) is -0.589. The molecule has 2 heterocycles. The first-order chi connectivity index (χ1) is 13.9. The van der Waals surface area contributed by atoms with Crippen molar-refractivity contribution in [2.24, 2.45) is 11.0 Å². The fourth-order valence-electron chi connectivity index (χ4n) is 5.11. The molecule has 0 aromatic heterocycles. The lowest BCUT2D eigenvalue weighted by Gasteiger charge is -2.50. The predicted molar refractivity (Wildman–Crippen MR) is 103 cm³/mol. The Balaban J connectivity index is 1.83. The number of carbonyl (C=O) groups excluding carboxylic acids is 1. The van der Waals surface area contributed by atoms with E-state index in [2.05, 4.69) is 10.0 Å². The highest BCUT2D eigenvalue weighted by Crippen LogP contribution is 2.49. The van der Waals surface area contributed by atoms with Crippen LogP contribution in [-0.2, 0) is 15.7 Å². The number of hydrogen-bond acceptors (Lipinski definition) is 5. The number of fused-ring (bicyclic) bond motifs is 1. The van der Waals surface area contributed by atoms with Crippen molar-refractivity contribution in [3.05, 3.63) is 29.8 Å². The van der Waals surface area contributed by atoms with Crippen LogP contribution in [0.1, 0.15) is 51.0 Å². The molecule has 1 aromatic rings. The molecule has 2 fully saturated rings. The maximum atomic E-state index is 13.4. The summed E-state index contributed by atoms with van der Waals surface area (Å²) in [6.07, 6.45) is 1.11. The normalized spacial score (nSPS) is 27.7. The van der Waals surface area contributed by atoms with Crippen LogP contribution in [0.4, 0.5) is 18.9 Å². The second kappa shape index (κ2) is 7.63. The van der Waals surface area contributed by atoms with Gasteiger partial charge in [-0.15, -0.1) is 0 Å². The Morgan fingerprint density at radius 1 is 1.24 bits per heavy atom. The number of ether oxygens (including phenoxy) is 1. The zero-order valence-electron chi connectivity index (χ0n) is 16.5. The first kappa shape index (κ1) is 20.2. The van der Waals surface area contributed by atoms with Gasteiger partial charge in [0.15, 0.2) is 5.71 Å². The molecule has 2 unspecified atom stereocenters. The Hall–Kier alpha value is -2.09. The molecule has 158 valence electrons. The van der Waals surface area contributed by atoms with Crippen molar-refractivity contribution in [3.8, 4) is 0 Å². The number of rotatable bonds is 4. The minimum atomic E-state index is -4.43. The average molecular weight is 409 g/mol. The molecule has 5 nitrogen and oxygen atoms in total. The number of benzene rings is 1. The summed E-state index contributed by atoms with van der Waals surface area (Å²) in [5.74, 6) is -0.625. The molecular formula is C21H26F3N3O2. The van der Waals surface area contributed by atoms with Crippen molar-refractivity contribution in [1.29, 1.82) is 0 Å². The van der Waals surface area contributed by atoms with Crippen LogP contribution in [0, 0.1) is 5.92 Å². The van der Waals surface area contributed by atoms with Crippen LogP contribution < -0.4 is 5.01 Å². The number of hydrazone groups is 1. The Kier molecular flexibility index (Phi) is 5.31. The smallest absolute Gasteiger partial charge is 0.416 e. The van der Waals surface area contributed by atoms with Gasteiger partial charge < -0.3 is 4.74 Å². The number of nitrogens with zero attached hydrogens (tertiary/aromatic N) is 3. The van der Waals surface area contributed by atoms with E-state index in [1.807, 2.05) is 0 Å². The van der Waals surface area contributed by atoms with E-state index in [1.165, 1.54) is 6.07 Å². The van der Waals surface area contributed by atoms with Crippen molar-refractivity contribution in [1.82, 2.24) is 4.90 Å². The second-order valence-electron chi connectivity index (χ2n) is 7.94. The van der Waals surface area contributed by atoms with Crippen LogP contribution in [0.25, 0.3) is 0 Å². The Labute approximate surface area is 168 Å². The highest BCUT2D eigenvalue weighted by atomic mass is 19.4. The van der Waals surface area contributed by atoms with Gasteiger partial charge in [-0.25, -0.2) is 9.80 Å². The van der Waals surface area contributed by atoms with Gasteiger partial charge in [0.1, 0.15) is 5.66 Å². The standard InChI is InChI=1S/C21H26F3N3O2/c1-2-29-19(28)18-17-10-3-4-11-20(17,26-12-5-6-13-26)27(25-18)16-9-7-8-15(14-16)21(22,23)24/h7-9,14,17H,2-6,10-13H2,1H3. The van der Waals surface area contributed by atoms with Crippen molar-refractivity contribution < 1.29 is 22.7 Å². The maximum Gasteiger partial charge on any atom is 0.416 e. The summed E-state index contributed by atoms with van der Waals surface area (Å²) in [4.78, 5) is 15.0. The molecule has 2 aliphatic heterocycles. The van der Waals surface area contributed by atoms with E-state index in [0.717, 1.165) is 63.7 Å². The lowest BCUT2D eigenvalue weighted by atomic mass is 9.75. The molecule has 0 spiro atoms. The van der Waals surface area contributed by atoms with E-state index in [-0.39, 0.29) is 12.5 Å². The Morgan fingerprint density at radius 2 is 2.00 bits per heavy atom. The van der Waals surface area contributed by atoms with Gasteiger partial charge in [-0.3, -0.25) is 4.90 Å². The van der Waals surface area contributed by atoms with Crippen molar-refractivity contribution >= 4 is 17.4 Å². The van der Waals surface area contributed by atoms with Gasteiger partial charge in [0.25, 0.3) is 0 Å². The van der Waals surface area contributed by atoms with E-state index in [4.69, 9.17) is 4.74 Å². The lowest BCUT2D eigenvalue weighted by Crippen LogP contribution is -2.62. The summed E-state index contributed by atoms with van der Waals surface area (Å²) in [6, 6.07) is 5.26. The van der Waals surface area contributed by atoms with Crippen LogP contribution in [0.2, 0.25) is 0 Å². The van der Waals surface area contributed by atoms with E-state index < -0.39 is 23.4 Å². The molecule has 3 aliphatic rings. The minimum absolute atomic E-state index is 0.164. The molecule has 4 rings (SSSR count). The molecule has 0 amide bonds. The summed E-state index contributed by atoms with van der Waals surface area (Å²) in [5, 5.41) is 6.33. The number of esters is 1. The number of halogens is 3. The topological polar surface area (TPSA) is 45.1 Å². The lowest BCUT2D eigenvalue weighted by molar-refractivity contribution is -0.137. The number of anilines is 1. The molecule has 2 atom stereocenters. The fraction of sp³-hybridized carbons (Fsp3) is 0.619. The van der Waals surface area contributed by atoms with Gasteiger partial charge in [-0.05, 0) is 57.2 Å². The fourth-order valence-corrected chi connectivity index (χ4v) is 5.11. The highest BCUT2D eigenvalue weighted by molar-refractivity contribution is 6.38. The second-order valence-corrected chi connectivity index (χ2v) is 7.94. The number of likely N-dealkylation sites (tertiary alicyclic amines) is 1. The van der Waals surface area contributed by atoms with Crippen molar-refractivity contribution in [2.45, 2.75) is 57.3 Å². The number of hydrogen-bond donors (Lipinski definition) is 0. The third-order valence-corrected chi connectivity index (χ3v) is 6.31. The summed E-state index contributed by atoms with van der Waals surface area (Å²) < 4.78 is 45.3.